The van der Waals surface area contributed by atoms with Crippen LogP contribution in [0.1, 0.15) is 29.9 Å². The van der Waals surface area contributed by atoms with Gasteiger partial charge in [-0.2, -0.15) is 0 Å². The van der Waals surface area contributed by atoms with Gasteiger partial charge in [-0.3, -0.25) is 9.78 Å². The molecule has 1 aromatic carbocycles. The van der Waals surface area contributed by atoms with Gasteiger partial charge in [-0.15, -0.1) is 0 Å². The fraction of sp³-hybridized carbons (Fsp3) is 0.364. The van der Waals surface area contributed by atoms with Crippen LogP contribution in [-0.2, 0) is 6.42 Å². The van der Waals surface area contributed by atoms with Crippen LogP contribution in [0.5, 0.6) is 0 Å². The number of aliphatic hydroxyl groups excluding tert-OH is 1. The van der Waals surface area contributed by atoms with E-state index in [0.717, 1.165) is 16.6 Å². The first-order valence-corrected chi connectivity index (χ1v) is 9.90. The first-order chi connectivity index (χ1) is 14.0. The van der Waals surface area contributed by atoms with E-state index in [4.69, 9.17) is 4.98 Å². The highest BCUT2D eigenvalue weighted by Gasteiger charge is 2.34. The minimum atomic E-state index is -0.574. The van der Waals surface area contributed by atoms with Crippen molar-refractivity contribution in [2.75, 3.05) is 18.4 Å². The van der Waals surface area contributed by atoms with Crippen molar-refractivity contribution in [1.29, 1.82) is 0 Å². The van der Waals surface area contributed by atoms with Gasteiger partial charge in [-0.1, -0.05) is 24.3 Å². The van der Waals surface area contributed by atoms with Gasteiger partial charge in [0.1, 0.15) is 0 Å². The van der Waals surface area contributed by atoms with Crippen molar-refractivity contribution in [1.82, 2.24) is 19.9 Å². The van der Waals surface area contributed by atoms with Crippen LogP contribution in [0.15, 0.2) is 48.8 Å². The fourth-order valence-electron chi connectivity index (χ4n) is 3.66. The lowest BCUT2D eigenvalue weighted by Gasteiger charge is -2.16. The number of nitrogens with one attached hydrogen (secondary N) is 1. The van der Waals surface area contributed by atoms with Crippen LogP contribution in [0.2, 0.25) is 0 Å². The maximum absolute atomic E-state index is 12.8. The molecule has 3 heterocycles. The summed E-state index contributed by atoms with van der Waals surface area (Å²) in [6.07, 6.45) is 3.12. The number of aliphatic hydroxyl groups is 1. The van der Waals surface area contributed by atoms with E-state index in [0.29, 0.717) is 31.0 Å². The number of β-amino-alcohol motifs (C(OH)–C–C–N with tert-alkyl or cyclic N) is 1. The second-order valence-corrected chi connectivity index (χ2v) is 7.83. The highest BCUT2D eigenvalue weighted by Crippen LogP contribution is 2.23. The lowest BCUT2D eigenvalue weighted by atomic mass is 9.99. The quantitative estimate of drug-likeness (QED) is 0.694. The standard InChI is InChI=1S/C22H25N5O2/c1-14(2)25-22-23-10-17(11-24-22)21(29)27-12-16(20(28)13-27)9-18-8-7-15-5-3-4-6-19(15)26-18/h3-8,10-11,14,16,20,28H,9,12-13H2,1-2H3,(H,23,24,25)/t16-,20-/m1/s1. The third-order valence-corrected chi connectivity index (χ3v) is 5.14. The van der Waals surface area contributed by atoms with Crippen LogP contribution in [-0.4, -0.2) is 56.1 Å². The molecule has 4 rings (SSSR count). The van der Waals surface area contributed by atoms with E-state index in [1.165, 1.54) is 12.4 Å². The first-order valence-electron chi connectivity index (χ1n) is 9.90. The number of fused-ring (bicyclic) bond motifs is 1. The number of carbonyl (C=O) groups is 1. The molecule has 0 radical (unpaired) electrons. The van der Waals surface area contributed by atoms with E-state index >= 15 is 0 Å². The topological polar surface area (TPSA) is 91.2 Å². The Hall–Kier alpha value is -3.06. The highest BCUT2D eigenvalue weighted by atomic mass is 16.3. The van der Waals surface area contributed by atoms with Gasteiger partial charge in [-0.25, -0.2) is 9.97 Å². The lowest BCUT2D eigenvalue weighted by molar-refractivity contribution is 0.0764. The Labute approximate surface area is 169 Å². The molecule has 0 spiro atoms. The molecule has 1 aliphatic rings. The molecule has 7 nitrogen and oxygen atoms in total. The molecule has 1 saturated heterocycles. The molecule has 1 amide bonds. The Morgan fingerprint density at radius 3 is 2.69 bits per heavy atom. The van der Waals surface area contributed by atoms with Gasteiger partial charge >= 0.3 is 0 Å². The van der Waals surface area contributed by atoms with Crippen LogP contribution in [0.25, 0.3) is 10.9 Å². The number of hydrogen-bond donors (Lipinski definition) is 2. The Morgan fingerprint density at radius 1 is 1.17 bits per heavy atom. The molecule has 1 fully saturated rings. The minimum Gasteiger partial charge on any atom is -0.391 e. The molecule has 2 aromatic heterocycles. The average molecular weight is 391 g/mol. The van der Waals surface area contributed by atoms with E-state index in [9.17, 15) is 9.90 Å². The first kappa shape index (κ1) is 19.3. The van der Waals surface area contributed by atoms with Crippen molar-refractivity contribution in [3.63, 3.8) is 0 Å². The molecule has 2 N–H and O–H groups in total. The number of likely N-dealkylation sites (tertiary alicyclic amines) is 1. The molecule has 150 valence electrons. The molecule has 2 atom stereocenters. The molecule has 29 heavy (non-hydrogen) atoms. The average Bonchev–Trinajstić information content (AvgIpc) is 3.08. The summed E-state index contributed by atoms with van der Waals surface area (Å²) in [5.41, 5.74) is 2.29. The zero-order valence-corrected chi connectivity index (χ0v) is 16.6. The van der Waals surface area contributed by atoms with Crippen LogP contribution in [0, 0.1) is 5.92 Å². The maximum atomic E-state index is 12.8. The molecular weight excluding hydrogens is 366 g/mol. The van der Waals surface area contributed by atoms with E-state index in [1.807, 2.05) is 50.2 Å². The molecule has 3 aromatic rings. The summed E-state index contributed by atoms with van der Waals surface area (Å²) in [5.74, 6) is 0.294. The van der Waals surface area contributed by atoms with E-state index < -0.39 is 6.10 Å². The maximum Gasteiger partial charge on any atom is 0.257 e. The van der Waals surface area contributed by atoms with Crippen molar-refractivity contribution in [2.24, 2.45) is 5.92 Å². The SMILES string of the molecule is CC(C)Nc1ncc(C(=O)N2C[C@@H](Cc3ccc4ccccc4n3)[C@H](O)C2)cn1. The van der Waals surface area contributed by atoms with E-state index in [-0.39, 0.29) is 17.9 Å². The number of pyridine rings is 1. The number of amides is 1. The van der Waals surface area contributed by atoms with Crippen LogP contribution in [0.3, 0.4) is 0 Å². The number of carbonyl (C=O) groups excluding carboxylic acids is 1. The number of nitrogens with zero attached hydrogens (tertiary/aromatic N) is 4. The predicted molar refractivity (Wildman–Crippen MR) is 112 cm³/mol. The smallest absolute Gasteiger partial charge is 0.257 e. The van der Waals surface area contributed by atoms with E-state index in [2.05, 4.69) is 15.3 Å². The lowest BCUT2D eigenvalue weighted by Crippen LogP contribution is -2.30. The summed E-state index contributed by atoms with van der Waals surface area (Å²) in [7, 11) is 0. The third kappa shape index (κ3) is 4.35. The largest absolute Gasteiger partial charge is 0.391 e. The highest BCUT2D eigenvalue weighted by molar-refractivity contribution is 5.94. The molecular formula is C22H25N5O2. The molecule has 1 aliphatic heterocycles. The Kier molecular flexibility index (Phi) is 5.40. The third-order valence-electron chi connectivity index (χ3n) is 5.14. The van der Waals surface area contributed by atoms with Gasteiger partial charge in [-0.05, 0) is 32.4 Å². The molecule has 0 saturated carbocycles. The zero-order chi connectivity index (χ0) is 20.4. The second kappa shape index (κ2) is 8.13. The second-order valence-electron chi connectivity index (χ2n) is 7.83. The minimum absolute atomic E-state index is 0.0459. The Balaban J connectivity index is 1.42. The number of rotatable bonds is 5. The number of anilines is 1. The van der Waals surface area contributed by atoms with Crippen LogP contribution in [0.4, 0.5) is 5.95 Å². The van der Waals surface area contributed by atoms with Crippen LogP contribution >= 0.6 is 0 Å². The molecule has 0 unspecified atom stereocenters. The summed E-state index contributed by atoms with van der Waals surface area (Å²) in [6, 6.07) is 12.2. The van der Waals surface area contributed by atoms with Crippen LogP contribution < -0.4 is 5.32 Å². The zero-order valence-electron chi connectivity index (χ0n) is 16.6. The Morgan fingerprint density at radius 2 is 1.93 bits per heavy atom. The number of benzene rings is 1. The van der Waals surface area contributed by atoms with Crippen molar-refractivity contribution in [3.8, 4) is 0 Å². The van der Waals surface area contributed by atoms with Gasteiger partial charge in [0.2, 0.25) is 5.95 Å². The monoisotopic (exact) mass is 391 g/mol. The van der Waals surface area contributed by atoms with Crippen molar-refractivity contribution in [2.45, 2.75) is 32.4 Å². The predicted octanol–water partition coefficient (Wildman–Crippen LogP) is 2.52. The van der Waals surface area contributed by atoms with Gasteiger partial charge in [0.25, 0.3) is 5.91 Å². The summed E-state index contributed by atoms with van der Waals surface area (Å²) >= 11 is 0. The van der Waals surface area contributed by atoms with Gasteiger partial charge < -0.3 is 15.3 Å². The summed E-state index contributed by atoms with van der Waals surface area (Å²) in [6.45, 7) is 4.79. The fourth-order valence-corrected chi connectivity index (χ4v) is 3.66. The number of aromatic nitrogens is 3. The van der Waals surface area contributed by atoms with Gasteiger partial charge in [0, 0.05) is 48.5 Å². The van der Waals surface area contributed by atoms with E-state index in [1.54, 1.807) is 4.90 Å². The molecule has 0 aliphatic carbocycles. The summed E-state index contributed by atoms with van der Waals surface area (Å²) in [5, 5.41) is 14.7. The molecule has 7 heteroatoms. The van der Waals surface area contributed by atoms with Gasteiger partial charge in [0.15, 0.2) is 0 Å². The van der Waals surface area contributed by atoms with Crippen molar-refractivity contribution in [3.05, 3.63) is 60.0 Å². The van der Waals surface area contributed by atoms with Crippen molar-refractivity contribution >= 4 is 22.8 Å². The number of para-hydroxylation sites is 1. The molecule has 0 bridgehead atoms. The normalized spacial score (nSPS) is 19.1. The summed E-state index contributed by atoms with van der Waals surface area (Å²) in [4.78, 5) is 27.6. The van der Waals surface area contributed by atoms with Crippen molar-refractivity contribution < 1.29 is 9.90 Å². The van der Waals surface area contributed by atoms with Gasteiger partial charge in [0.05, 0.1) is 17.2 Å². The summed E-state index contributed by atoms with van der Waals surface area (Å²) < 4.78 is 0. The number of hydrogen-bond acceptors (Lipinski definition) is 6. The Bertz CT molecular complexity index is 1010.